The molecule has 1 aromatic carbocycles. The standard InChI is InChI=1S/C26H36Cl2N6O4/c1-16(35)32-7-9-33(10-8-32)18-4-6-22-19(12-18)26(38)34(15-30-22)14-25(37)31-23(13-24(36)29-2)17-3-5-20(27)21(28)11-17/h3,5,11,18-19,22-23,30H,4,6-10,12-15H2,1-2H3,(H,29,36)(H,31,37). The molecule has 2 aliphatic heterocycles. The molecule has 38 heavy (non-hydrogen) atoms. The lowest BCUT2D eigenvalue weighted by molar-refractivity contribution is -0.146. The number of rotatable bonds is 7. The average Bonchev–Trinajstić information content (AvgIpc) is 2.91. The minimum Gasteiger partial charge on any atom is -0.359 e. The van der Waals surface area contributed by atoms with Crippen LogP contribution in [0.5, 0.6) is 0 Å². The SMILES string of the molecule is CNC(=O)CC(NC(=O)CN1CNC2CCC(N3CCN(C(C)=O)CC3)CC2C1=O)c1ccc(Cl)c(Cl)c1. The average molecular weight is 568 g/mol. The van der Waals surface area contributed by atoms with Gasteiger partial charge in [0.1, 0.15) is 6.54 Å². The third-order valence-corrected chi connectivity index (χ3v) is 8.69. The first kappa shape index (κ1) is 28.6. The van der Waals surface area contributed by atoms with Crippen molar-refractivity contribution in [2.75, 3.05) is 46.4 Å². The van der Waals surface area contributed by atoms with Gasteiger partial charge in [0.25, 0.3) is 0 Å². The molecule has 0 spiro atoms. The van der Waals surface area contributed by atoms with Crippen LogP contribution in [0.2, 0.25) is 10.0 Å². The highest BCUT2D eigenvalue weighted by atomic mass is 35.5. The minimum absolute atomic E-state index is 0.0200. The van der Waals surface area contributed by atoms with Gasteiger partial charge in [0.2, 0.25) is 23.6 Å². The Morgan fingerprint density at radius 3 is 2.47 bits per heavy atom. The molecule has 2 saturated heterocycles. The molecule has 3 N–H and O–H groups in total. The Kier molecular flexibility index (Phi) is 9.51. The molecule has 4 rings (SSSR count). The lowest BCUT2D eigenvalue weighted by Gasteiger charge is -2.47. The van der Waals surface area contributed by atoms with Crippen LogP contribution < -0.4 is 16.0 Å². The monoisotopic (exact) mass is 566 g/mol. The van der Waals surface area contributed by atoms with E-state index in [9.17, 15) is 19.2 Å². The fourth-order valence-electron chi connectivity index (χ4n) is 5.76. The third-order valence-electron chi connectivity index (χ3n) is 7.96. The topological polar surface area (TPSA) is 114 Å². The second kappa shape index (κ2) is 12.6. The van der Waals surface area contributed by atoms with Gasteiger partial charge >= 0.3 is 0 Å². The molecule has 0 bridgehead atoms. The number of halogens is 2. The Hall–Kier alpha value is -2.40. The predicted octanol–water partition coefficient (Wildman–Crippen LogP) is 1.38. The van der Waals surface area contributed by atoms with E-state index in [2.05, 4.69) is 20.9 Å². The lowest BCUT2D eigenvalue weighted by atomic mass is 9.79. The van der Waals surface area contributed by atoms with E-state index in [0.717, 1.165) is 32.4 Å². The zero-order valence-corrected chi connectivity index (χ0v) is 23.4. The van der Waals surface area contributed by atoms with Gasteiger partial charge in [-0.15, -0.1) is 0 Å². The molecule has 208 valence electrons. The van der Waals surface area contributed by atoms with Crippen LogP contribution in [0.4, 0.5) is 0 Å². The first-order valence-corrected chi connectivity index (χ1v) is 13.9. The number of hydrogen-bond acceptors (Lipinski definition) is 6. The van der Waals surface area contributed by atoms with E-state index in [1.165, 1.54) is 7.05 Å². The largest absolute Gasteiger partial charge is 0.359 e. The zero-order valence-electron chi connectivity index (χ0n) is 21.8. The van der Waals surface area contributed by atoms with Crippen LogP contribution in [0.1, 0.15) is 44.2 Å². The molecule has 1 aromatic rings. The number of carbonyl (C=O) groups is 4. The van der Waals surface area contributed by atoms with Gasteiger partial charge in [-0.05, 0) is 37.0 Å². The van der Waals surface area contributed by atoms with Gasteiger partial charge in [0.15, 0.2) is 0 Å². The van der Waals surface area contributed by atoms with Crippen molar-refractivity contribution in [2.45, 2.75) is 50.7 Å². The summed E-state index contributed by atoms with van der Waals surface area (Å²) in [4.78, 5) is 56.1. The number of fused-ring (bicyclic) bond motifs is 1. The summed E-state index contributed by atoms with van der Waals surface area (Å²) < 4.78 is 0. The molecule has 4 atom stereocenters. The summed E-state index contributed by atoms with van der Waals surface area (Å²) in [6, 6.07) is 4.75. The summed E-state index contributed by atoms with van der Waals surface area (Å²) in [5.74, 6) is -0.708. The number of benzene rings is 1. The molecule has 4 unspecified atom stereocenters. The van der Waals surface area contributed by atoms with Crippen LogP contribution in [-0.2, 0) is 19.2 Å². The minimum atomic E-state index is -0.620. The molecule has 12 heteroatoms. The molecular weight excluding hydrogens is 531 g/mol. The van der Waals surface area contributed by atoms with Gasteiger partial charge in [-0.3, -0.25) is 29.4 Å². The Morgan fingerprint density at radius 1 is 1.08 bits per heavy atom. The second-order valence-electron chi connectivity index (χ2n) is 10.3. The van der Waals surface area contributed by atoms with Crippen molar-refractivity contribution in [3.63, 3.8) is 0 Å². The maximum Gasteiger partial charge on any atom is 0.240 e. The smallest absolute Gasteiger partial charge is 0.240 e. The van der Waals surface area contributed by atoms with E-state index < -0.39 is 6.04 Å². The molecule has 2 heterocycles. The van der Waals surface area contributed by atoms with Crippen molar-refractivity contribution in [2.24, 2.45) is 5.92 Å². The summed E-state index contributed by atoms with van der Waals surface area (Å²) in [5, 5.41) is 9.63. The van der Waals surface area contributed by atoms with E-state index in [-0.39, 0.29) is 54.6 Å². The van der Waals surface area contributed by atoms with Crippen molar-refractivity contribution in [3.05, 3.63) is 33.8 Å². The fourth-order valence-corrected chi connectivity index (χ4v) is 6.06. The van der Waals surface area contributed by atoms with E-state index in [1.807, 2.05) is 4.90 Å². The van der Waals surface area contributed by atoms with Crippen LogP contribution in [0.3, 0.4) is 0 Å². The summed E-state index contributed by atoms with van der Waals surface area (Å²) in [6.07, 6.45) is 2.67. The highest BCUT2D eigenvalue weighted by Gasteiger charge is 2.42. The predicted molar refractivity (Wildman–Crippen MR) is 144 cm³/mol. The molecule has 4 amide bonds. The Morgan fingerprint density at radius 2 is 1.82 bits per heavy atom. The molecule has 3 fully saturated rings. The third kappa shape index (κ3) is 6.77. The van der Waals surface area contributed by atoms with E-state index in [4.69, 9.17) is 23.2 Å². The molecule has 1 saturated carbocycles. The van der Waals surface area contributed by atoms with Gasteiger partial charge in [-0.2, -0.15) is 0 Å². The van der Waals surface area contributed by atoms with Gasteiger partial charge in [-0.25, -0.2) is 0 Å². The highest BCUT2D eigenvalue weighted by molar-refractivity contribution is 6.42. The number of piperazine rings is 1. The molecule has 10 nitrogen and oxygen atoms in total. The van der Waals surface area contributed by atoms with Crippen LogP contribution >= 0.6 is 23.2 Å². The van der Waals surface area contributed by atoms with Gasteiger partial charge < -0.3 is 20.4 Å². The van der Waals surface area contributed by atoms with Crippen LogP contribution in [0, 0.1) is 5.92 Å². The van der Waals surface area contributed by atoms with E-state index in [0.29, 0.717) is 35.4 Å². The van der Waals surface area contributed by atoms with Crippen molar-refractivity contribution >= 4 is 46.8 Å². The summed E-state index contributed by atoms with van der Waals surface area (Å²) in [6.45, 7) is 4.87. The summed E-state index contributed by atoms with van der Waals surface area (Å²) in [5.41, 5.74) is 0.652. The van der Waals surface area contributed by atoms with Crippen LogP contribution in [-0.4, -0.2) is 96.9 Å². The van der Waals surface area contributed by atoms with Crippen molar-refractivity contribution in [3.8, 4) is 0 Å². The number of nitrogens with zero attached hydrogens (tertiary/aromatic N) is 3. The van der Waals surface area contributed by atoms with Gasteiger partial charge in [-0.1, -0.05) is 29.3 Å². The maximum absolute atomic E-state index is 13.5. The first-order chi connectivity index (χ1) is 18.2. The van der Waals surface area contributed by atoms with E-state index >= 15 is 0 Å². The molecule has 0 aromatic heterocycles. The second-order valence-corrected chi connectivity index (χ2v) is 11.1. The fraction of sp³-hybridized carbons (Fsp3) is 0.615. The van der Waals surface area contributed by atoms with Crippen LogP contribution in [0.15, 0.2) is 18.2 Å². The van der Waals surface area contributed by atoms with Gasteiger partial charge in [0.05, 0.1) is 35.1 Å². The number of nitrogens with one attached hydrogen (secondary N) is 3. The van der Waals surface area contributed by atoms with Crippen molar-refractivity contribution < 1.29 is 19.2 Å². The Labute approximate surface area is 233 Å². The molecule has 1 aliphatic carbocycles. The number of amides is 4. The zero-order chi connectivity index (χ0) is 27.4. The normalized spacial score (nSPS) is 24.9. The van der Waals surface area contributed by atoms with Crippen molar-refractivity contribution in [1.29, 1.82) is 0 Å². The van der Waals surface area contributed by atoms with Crippen molar-refractivity contribution in [1.82, 2.24) is 30.7 Å². The molecular formula is C26H36Cl2N6O4. The Bertz CT molecular complexity index is 1060. The first-order valence-electron chi connectivity index (χ1n) is 13.1. The molecule has 0 radical (unpaired) electrons. The Balaban J connectivity index is 1.36. The van der Waals surface area contributed by atoms with Gasteiger partial charge in [0, 0.05) is 52.2 Å². The number of hydrogen-bond donors (Lipinski definition) is 3. The van der Waals surface area contributed by atoms with Crippen LogP contribution in [0.25, 0.3) is 0 Å². The quantitative estimate of drug-likeness (QED) is 0.459. The lowest BCUT2D eigenvalue weighted by Crippen LogP contribution is -2.62. The van der Waals surface area contributed by atoms with E-state index in [1.54, 1.807) is 30.0 Å². The summed E-state index contributed by atoms with van der Waals surface area (Å²) >= 11 is 12.2. The number of carbonyl (C=O) groups excluding carboxylic acids is 4. The summed E-state index contributed by atoms with van der Waals surface area (Å²) in [7, 11) is 1.53. The highest BCUT2D eigenvalue weighted by Crippen LogP contribution is 2.32. The molecule has 3 aliphatic rings. The maximum atomic E-state index is 13.5.